The molecule has 0 fully saturated rings. The third-order valence-electron chi connectivity index (χ3n) is 6.03. The zero-order valence-corrected chi connectivity index (χ0v) is 17.7. The number of amides is 2. The highest BCUT2D eigenvalue weighted by atomic mass is 32.1. The SMILES string of the molecule is Cn1ncc2c1CCCC2NC(=O)NCC(c1cccs1)c1c[nH]c2ccccc12. The molecule has 7 heteroatoms. The van der Waals surface area contributed by atoms with Crippen LogP contribution in [0.1, 0.15) is 46.5 Å². The molecule has 1 aliphatic carbocycles. The van der Waals surface area contributed by atoms with Crippen molar-refractivity contribution >= 4 is 28.3 Å². The first-order valence-corrected chi connectivity index (χ1v) is 11.2. The van der Waals surface area contributed by atoms with E-state index in [1.54, 1.807) is 11.3 Å². The fourth-order valence-corrected chi connectivity index (χ4v) is 5.34. The van der Waals surface area contributed by atoms with E-state index in [1.165, 1.54) is 21.5 Å². The second-order valence-electron chi connectivity index (χ2n) is 7.83. The van der Waals surface area contributed by atoms with Gasteiger partial charge in [-0.3, -0.25) is 4.68 Å². The second-order valence-corrected chi connectivity index (χ2v) is 8.81. The number of nitrogens with one attached hydrogen (secondary N) is 3. The summed E-state index contributed by atoms with van der Waals surface area (Å²) in [6.07, 6.45) is 6.98. The maximum atomic E-state index is 12.8. The monoisotopic (exact) mass is 419 g/mol. The summed E-state index contributed by atoms with van der Waals surface area (Å²) < 4.78 is 1.92. The predicted molar refractivity (Wildman–Crippen MR) is 120 cm³/mol. The molecule has 6 nitrogen and oxygen atoms in total. The zero-order chi connectivity index (χ0) is 20.5. The fourth-order valence-electron chi connectivity index (χ4n) is 4.50. The number of urea groups is 1. The van der Waals surface area contributed by atoms with Crippen LogP contribution in [0.15, 0.2) is 54.2 Å². The molecule has 2 unspecified atom stereocenters. The van der Waals surface area contributed by atoms with Crippen molar-refractivity contribution in [1.82, 2.24) is 25.4 Å². The van der Waals surface area contributed by atoms with Gasteiger partial charge in [-0.15, -0.1) is 11.3 Å². The summed E-state index contributed by atoms with van der Waals surface area (Å²) in [5.74, 6) is 0.104. The molecule has 1 aromatic carbocycles. The van der Waals surface area contributed by atoms with Crippen LogP contribution in [0, 0.1) is 0 Å². The van der Waals surface area contributed by atoms with E-state index in [-0.39, 0.29) is 18.0 Å². The third-order valence-corrected chi connectivity index (χ3v) is 7.02. The molecule has 0 radical (unpaired) electrons. The van der Waals surface area contributed by atoms with Crippen LogP contribution in [-0.4, -0.2) is 27.3 Å². The van der Waals surface area contributed by atoms with Gasteiger partial charge in [0.15, 0.2) is 0 Å². The Labute approximate surface area is 179 Å². The smallest absolute Gasteiger partial charge is 0.315 e. The Morgan fingerprint density at radius 1 is 1.33 bits per heavy atom. The summed E-state index contributed by atoms with van der Waals surface area (Å²) in [6.45, 7) is 0.542. The summed E-state index contributed by atoms with van der Waals surface area (Å²) in [5.41, 5.74) is 4.69. The molecule has 0 bridgehead atoms. The Hall–Kier alpha value is -3.06. The molecule has 3 heterocycles. The van der Waals surface area contributed by atoms with Crippen molar-refractivity contribution in [2.45, 2.75) is 31.2 Å². The van der Waals surface area contributed by atoms with Crippen LogP contribution >= 0.6 is 11.3 Å². The molecule has 30 heavy (non-hydrogen) atoms. The van der Waals surface area contributed by atoms with E-state index in [4.69, 9.17) is 0 Å². The van der Waals surface area contributed by atoms with Crippen molar-refractivity contribution in [2.24, 2.45) is 7.05 Å². The Morgan fingerprint density at radius 3 is 3.10 bits per heavy atom. The maximum absolute atomic E-state index is 12.8. The highest BCUT2D eigenvalue weighted by Gasteiger charge is 2.25. The molecular formula is C23H25N5OS. The summed E-state index contributed by atoms with van der Waals surface area (Å²) in [6, 6.07) is 12.4. The van der Waals surface area contributed by atoms with Crippen LogP contribution in [0.25, 0.3) is 10.9 Å². The van der Waals surface area contributed by atoms with E-state index >= 15 is 0 Å². The van der Waals surface area contributed by atoms with Gasteiger partial charge in [-0.1, -0.05) is 24.3 Å². The first kappa shape index (κ1) is 18.9. The van der Waals surface area contributed by atoms with Gasteiger partial charge in [-0.2, -0.15) is 5.10 Å². The zero-order valence-electron chi connectivity index (χ0n) is 16.9. The van der Waals surface area contributed by atoms with E-state index in [2.05, 4.69) is 62.6 Å². The van der Waals surface area contributed by atoms with Gasteiger partial charge < -0.3 is 15.6 Å². The number of thiophene rings is 1. The highest BCUT2D eigenvalue weighted by molar-refractivity contribution is 7.10. The lowest BCUT2D eigenvalue weighted by atomic mass is 9.93. The fraction of sp³-hybridized carbons (Fsp3) is 0.304. The van der Waals surface area contributed by atoms with Gasteiger partial charge in [0.05, 0.1) is 12.2 Å². The molecular weight excluding hydrogens is 394 g/mol. The molecule has 0 aliphatic heterocycles. The lowest BCUT2D eigenvalue weighted by Gasteiger charge is -2.24. The number of rotatable bonds is 5. The lowest BCUT2D eigenvalue weighted by Crippen LogP contribution is -2.40. The quantitative estimate of drug-likeness (QED) is 0.446. The summed E-state index contributed by atoms with van der Waals surface area (Å²) in [4.78, 5) is 17.4. The van der Waals surface area contributed by atoms with Crippen LogP contribution in [0.4, 0.5) is 4.79 Å². The number of para-hydroxylation sites is 1. The van der Waals surface area contributed by atoms with Crippen LogP contribution in [0.3, 0.4) is 0 Å². The molecule has 3 N–H and O–H groups in total. The van der Waals surface area contributed by atoms with E-state index in [1.807, 2.05) is 24.0 Å². The minimum absolute atomic E-state index is 0.0238. The molecule has 2 amide bonds. The van der Waals surface area contributed by atoms with Gasteiger partial charge in [0.2, 0.25) is 0 Å². The van der Waals surface area contributed by atoms with Crippen molar-refractivity contribution < 1.29 is 4.79 Å². The number of carbonyl (C=O) groups is 1. The molecule has 4 aromatic rings. The largest absolute Gasteiger partial charge is 0.361 e. The normalized spacial score (nSPS) is 16.9. The molecule has 154 valence electrons. The van der Waals surface area contributed by atoms with Crippen molar-refractivity contribution in [3.05, 3.63) is 75.9 Å². The molecule has 0 saturated carbocycles. The van der Waals surface area contributed by atoms with Crippen molar-refractivity contribution in [3.8, 4) is 0 Å². The van der Waals surface area contributed by atoms with Crippen molar-refractivity contribution in [3.63, 3.8) is 0 Å². The number of nitrogens with zero attached hydrogens (tertiary/aromatic N) is 2. The minimum atomic E-state index is -0.127. The number of hydrogen-bond donors (Lipinski definition) is 3. The molecule has 5 rings (SSSR count). The van der Waals surface area contributed by atoms with Gasteiger partial charge in [0, 0.05) is 52.7 Å². The summed E-state index contributed by atoms with van der Waals surface area (Å²) in [7, 11) is 1.97. The minimum Gasteiger partial charge on any atom is -0.361 e. The average Bonchev–Trinajstić information content (AvgIpc) is 3.50. The van der Waals surface area contributed by atoms with Crippen molar-refractivity contribution in [2.75, 3.05) is 6.54 Å². The second kappa shape index (κ2) is 7.99. The Balaban J connectivity index is 1.32. The molecule has 0 saturated heterocycles. The molecule has 3 aromatic heterocycles. The Morgan fingerprint density at radius 2 is 2.23 bits per heavy atom. The van der Waals surface area contributed by atoms with Crippen molar-refractivity contribution in [1.29, 1.82) is 0 Å². The van der Waals surface area contributed by atoms with Gasteiger partial charge in [-0.05, 0) is 42.3 Å². The van der Waals surface area contributed by atoms with Crippen LogP contribution in [0.2, 0.25) is 0 Å². The lowest BCUT2D eigenvalue weighted by molar-refractivity contribution is 0.235. The van der Waals surface area contributed by atoms with Crippen LogP contribution < -0.4 is 10.6 Å². The maximum Gasteiger partial charge on any atom is 0.315 e. The number of H-pyrrole nitrogens is 1. The molecule has 2 atom stereocenters. The standard InChI is InChI=1S/C23H25N5OS/c1-28-21-9-4-8-20(18(21)14-26-28)27-23(29)25-13-17(22-10-5-11-30-22)16-12-24-19-7-3-2-6-15(16)19/h2-3,5-7,10-12,14,17,20,24H,4,8-9,13H2,1H3,(H2,25,27,29). The molecule has 1 aliphatic rings. The number of fused-ring (bicyclic) bond motifs is 2. The third kappa shape index (κ3) is 3.50. The Bertz CT molecular complexity index is 1160. The van der Waals surface area contributed by atoms with Gasteiger partial charge >= 0.3 is 6.03 Å². The number of aromatic amines is 1. The number of hydrogen-bond acceptors (Lipinski definition) is 3. The average molecular weight is 420 g/mol. The topological polar surface area (TPSA) is 74.7 Å². The van der Waals surface area contributed by atoms with E-state index in [9.17, 15) is 4.79 Å². The first-order chi connectivity index (χ1) is 14.7. The Kier molecular flexibility index (Phi) is 5.04. The van der Waals surface area contributed by atoms with E-state index < -0.39 is 0 Å². The predicted octanol–water partition coefficient (Wildman–Crippen LogP) is 4.47. The number of aromatic nitrogens is 3. The van der Waals surface area contributed by atoms with E-state index in [0.29, 0.717) is 6.54 Å². The summed E-state index contributed by atoms with van der Waals surface area (Å²) in [5, 5.41) is 13.9. The van der Waals surface area contributed by atoms with Crippen LogP contribution in [-0.2, 0) is 13.5 Å². The van der Waals surface area contributed by atoms with Crippen LogP contribution in [0.5, 0.6) is 0 Å². The highest BCUT2D eigenvalue weighted by Crippen LogP contribution is 2.33. The molecule has 0 spiro atoms. The summed E-state index contributed by atoms with van der Waals surface area (Å²) >= 11 is 1.72. The van der Waals surface area contributed by atoms with Gasteiger partial charge in [0.1, 0.15) is 0 Å². The van der Waals surface area contributed by atoms with E-state index in [0.717, 1.165) is 30.3 Å². The first-order valence-electron chi connectivity index (χ1n) is 10.3. The number of carbonyl (C=O) groups excluding carboxylic acids is 1. The van der Waals surface area contributed by atoms with Gasteiger partial charge in [-0.25, -0.2) is 4.79 Å². The number of benzene rings is 1. The van der Waals surface area contributed by atoms with Gasteiger partial charge in [0.25, 0.3) is 0 Å². The number of aryl methyl sites for hydroxylation is 1.